The van der Waals surface area contributed by atoms with Gasteiger partial charge >= 0.3 is 6.01 Å². The van der Waals surface area contributed by atoms with E-state index in [1.165, 1.54) is 5.56 Å². The van der Waals surface area contributed by atoms with Gasteiger partial charge in [0.2, 0.25) is 11.3 Å². The van der Waals surface area contributed by atoms with Crippen LogP contribution in [0.1, 0.15) is 45.1 Å². The molecule has 0 aliphatic carbocycles. The van der Waals surface area contributed by atoms with Gasteiger partial charge in [0.1, 0.15) is 17.3 Å². The normalized spacial score (nSPS) is 16.8. The molecule has 0 spiro atoms. The second kappa shape index (κ2) is 13.3. The molecule has 0 bridgehead atoms. The molecule has 12 nitrogen and oxygen atoms in total. The predicted molar refractivity (Wildman–Crippen MR) is 172 cm³/mol. The maximum atomic E-state index is 6.40. The summed E-state index contributed by atoms with van der Waals surface area (Å²) in [7, 11) is 0. The average Bonchev–Trinajstić information content (AvgIpc) is 3.66. The van der Waals surface area contributed by atoms with E-state index in [1.807, 2.05) is 44.2 Å². The molecule has 0 atom stereocenters. The first-order chi connectivity index (χ1) is 22.1. The van der Waals surface area contributed by atoms with Crippen LogP contribution in [0.25, 0.3) is 22.5 Å². The van der Waals surface area contributed by atoms with Gasteiger partial charge in [-0.1, -0.05) is 0 Å². The fourth-order valence-electron chi connectivity index (χ4n) is 6.45. The number of pyridine rings is 2. The van der Waals surface area contributed by atoms with Gasteiger partial charge in [0, 0.05) is 44.0 Å². The molecule has 0 amide bonds. The number of oxazole rings is 2. The maximum absolute atomic E-state index is 6.40. The first-order valence-corrected chi connectivity index (χ1v) is 16.0. The van der Waals surface area contributed by atoms with Gasteiger partial charge in [0.05, 0.1) is 13.2 Å². The van der Waals surface area contributed by atoms with Gasteiger partial charge in [0.25, 0.3) is 6.01 Å². The van der Waals surface area contributed by atoms with Crippen LogP contribution in [0.4, 0.5) is 17.8 Å². The Morgan fingerprint density at radius 3 is 2.33 bits per heavy atom. The van der Waals surface area contributed by atoms with E-state index >= 15 is 0 Å². The van der Waals surface area contributed by atoms with Crippen molar-refractivity contribution in [2.75, 3.05) is 49.6 Å². The number of rotatable bonds is 11. The predicted octanol–water partition coefficient (Wildman–Crippen LogP) is 5.52. The second-order valence-electron chi connectivity index (χ2n) is 11.6. The smallest absolute Gasteiger partial charge is 0.303 e. The van der Waals surface area contributed by atoms with Crippen molar-refractivity contribution in [2.45, 2.75) is 58.2 Å². The maximum Gasteiger partial charge on any atom is 0.303 e. The second-order valence-corrected chi connectivity index (χ2v) is 11.6. The molecular formula is C33H40N8O4. The summed E-state index contributed by atoms with van der Waals surface area (Å²) in [5.41, 5.74) is 3.58. The van der Waals surface area contributed by atoms with Gasteiger partial charge in [0.15, 0.2) is 11.2 Å². The number of hydrogen-bond donors (Lipinski definition) is 2. The largest absolute Gasteiger partial charge is 0.494 e. The highest BCUT2D eigenvalue weighted by Gasteiger charge is 2.34. The molecule has 5 aromatic rings. The molecule has 0 saturated carbocycles. The number of ether oxygens (including phenoxy) is 2. The van der Waals surface area contributed by atoms with E-state index in [-0.39, 0.29) is 0 Å². The SMILES string of the molecule is CCOc1cc(CN2CCC(N(c3nc4nc(Nc5nc6ncccc6o5)ccc4o3)C3CCNCC3)CC2)cc(OCC)c1. The summed E-state index contributed by atoms with van der Waals surface area (Å²) in [4.78, 5) is 23.3. The summed E-state index contributed by atoms with van der Waals surface area (Å²) in [6, 6.07) is 15.3. The fourth-order valence-corrected chi connectivity index (χ4v) is 6.45. The third-order valence-corrected chi connectivity index (χ3v) is 8.48. The molecule has 2 saturated heterocycles. The van der Waals surface area contributed by atoms with E-state index in [1.54, 1.807) is 6.20 Å². The minimum atomic E-state index is 0.330. The first kappa shape index (κ1) is 29.3. The van der Waals surface area contributed by atoms with Gasteiger partial charge in [-0.2, -0.15) is 9.97 Å². The monoisotopic (exact) mass is 612 g/mol. The van der Waals surface area contributed by atoms with E-state index in [9.17, 15) is 0 Å². The molecule has 0 radical (unpaired) electrons. The molecule has 1 aromatic carbocycles. The van der Waals surface area contributed by atoms with Crippen molar-refractivity contribution < 1.29 is 18.3 Å². The summed E-state index contributed by atoms with van der Waals surface area (Å²) in [6.07, 6.45) is 5.84. The van der Waals surface area contributed by atoms with Crippen LogP contribution in [-0.2, 0) is 6.54 Å². The third kappa shape index (κ3) is 6.66. The molecule has 2 fully saturated rings. The van der Waals surface area contributed by atoms with E-state index in [2.05, 4.69) is 42.5 Å². The molecule has 2 aliphatic heterocycles. The molecule has 4 aromatic heterocycles. The highest BCUT2D eigenvalue weighted by atomic mass is 16.5. The van der Waals surface area contributed by atoms with Gasteiger partial charge in [-0.05, 0) is 94.6 Å². The van der Waals surface area contributed by atoms with Crippen LogP contribution in [0.3, 0.4) is 0 Å². The average molecular weight is 613 g/mol. The zero-order chi connectivity index (χ0) is 30.6. The van der Waals surface area contributed by atoms with Gasteiger partial charge in [-0.3, -0.25) is 10.2 Å². The van der Waals surface area contributed by atoms with E-state index in [4.69, 9.17) is 28.3 Å². The molecule has 0 unspecified atom stereocenters. The van der Waals surface area contributed by atoms with Crippen molar-refractivity contribution in [3.8, 4) is 11.5 Å². The van der Waals surface area contributed by atoms with Crippen LogP contribution < -0.4 is 25.0 Å². The lowest BCUT2D eigenvalue weighted by Crippen LogP contribution is -2.52. The lowest BCUT2D eigenvalue weighted by molar-refractivity contribution is 0.191. The lowest BCUT2D eigenvalue weighted by Gasteiger charge is -2.43. The number of hydrogen-bond acceptors (Lipinski definition) is 12. The topological polar surface area (TPSA) is 127 Å². The van der Waals surface area contributed by atoms with Crippen molar-refractivity contribution in [1.29, 1.82) is 0 Å². The number of aromatic nitrogens is 4. The van der Waals surface area contributed by atoms with Gasteiger partial charge in [-0.25, -0.2) is 9.97 Å². The van der Waals surface area contributed by atoms with E-state index in [0.29, 0.717) is 65.6 Å². The molecule has 2 N–H and O–H groups in total. The Kier molecular flexibility index (Phi) is 8.65. The van der Waals surface area contributed by atoms with Crippen molar-refractivity contribution in [1.82, 2.24) is 30.2 Å². The van der Waals surface area contributed by atoms with E-state index in [0.717, 1.165) is 69.9 Å². The molecule has 2 aliphatic rings. The highest BCUT2D eigenvalue weighted by Crippen LogP contribution is 2.33. The Hall–Kier alpha value is -4.42. The summed E-state index contributed by atoms with van der Waals surface area (Å²) >= 11 is 0. The van der Waals surface area contributed by atoms with Crippen LogP contribution in [0.2, 0.25) is 0 Å². The van der Waals surface area contributed by atoms with Crippen LogP contribution in [0.15, 0.2) is 57.5 Å². The number of anilines is 3. The zero-order valence-corrected chi connectivity index (χ0v) is 25.9. The molecule has 236 valence electrons. The zero-order valence-electron chi connectivity index (χ0n) is 25.9. The van der Waals surface area contributed by atoms with Crippen LogP contribution >= 0.6 is 0 Å². The van der Waals surface area contributed by atoms with E-state index < -0.39 is 0 Å². The number of benzene rings is 1. The fraction of sp³-hybridized carbons (Fsp3) is 0.455. The number of likely N-dealkylation sites (tertiary alicyclic amines) is 1. The highest BCUT2D eigenvalue weighted by molar-refractivity contribution is 5.74. The first-order valence-electron chi connectivity index (χ1n) is 16.0. The summed E-state index contributed by atoms with van der Waals surface area (Å²) in [6.45, 7) is 10.1. The Bertz CT molecular complexity index is 1670. The van der Waals surface area contributed by atoms with Crippen LogP contribution in [-0.4, -0.2) is 76.3 Å². The number of fused-ring (bicyclic) bond motifs is 2. The molecular weight excluding hydrogens is 572 g/mol. The van der Waals surface area contributed by atoms with Gasteiger partial charge in [-0.15, -0.1) is 0 Å². The molecule has 6 heterocycles. The molecule has 45 heavy (non-hydrogen) atoms. The third-order valence-electron chi connectivity index (χ3n) is 8.48. The Labute approximate surface area is 262 Å². The molecule has 7 rings (SSSR count). The standard InChI is InChI=1S/C33H40N8O4/c1-3-42-25-18-22(19-26(20-25)43-4-2)21-40-16-11-24(12-17-40)41(23-9-14-34-15-10-23)33-39-31-28(45-33)7-8-29(36-31)37-32-38-30-27(44-32)6-5-13-35-30/h5-8,13,18-20,23-24,34H,3-4,9-12,14-17,21H2,1-2H3,(H,35,36,37,38). The Morgan fingerprint density at radius 2 is 1.60 bits per heavy atom. The number of nitrogens with zero attached hydrogens (tertiary/aromatic N) is 6. The minimum absolute atomic E-state index is 0.330. The summed E-state index contributed by atoms with van der Waals surface area (Å²) < 4.78 is 23.8. The Balaban J connectivity index is 1.07. The lowest BCUT2D eigenvalue weighted by atomic mass is 9.97. The minimum Gasteiger partial charge on any atom is -0.494 e. The van der Waals surface area contributed by atoms with Crippen LogP contribution in [0.5, 0.6) is 11.5 Å². The van der Waals surface area contributed by atoms with Crippen LogP contribution in [0, 0.1) is 0 Å². The van der Waals surface area contributed by atoms with Crippen molar-refractivity contribution in [2.24, 2.45) is 0 Å². The number of piperidine rings is 2. The number of nitrogens with one attached hydrogen (secondary N) is 2. The van der Waals surface area contributed by atoms with Crippen molar-refractivity contribution in [3.05, 3.63) is 54.2 Å². The molecule has 12 heteroatoms. The van der Waals surface area contributed by atoms with Gasteiger partial charge < -0.3 is 28.5 Å². The quantitative estimate of drug-likeness (QED) is 0.195. The van der Waals surface area contributed by atoms with Crippen molar-refractivity contribution in [3.63, 3.8) is 0 Å². The summed E-state index contributed by atoms with van der Waals surface area (Å²) in [5.74, 6) is 2.30. The summed E-state index contributed by atoms with van der Waals surface area (Å²) in [5, 5.41) is 6.65. The Morgan fingerprint density at radius 1 is 0.867 bits per heavy atom. The van der Waals surface area contributed by atoms with Crippen molar-refractivity contribution >= 4 is 40.3 Å².